The molecule has 16 heavy (non-hydrogen) atoms. The second kappa shape index (κ2) is 4.68. The third-order valence-corrected chi connectivity index (χ3v) is 2.82. The third-order valence-electron chi connectivity index (χ3n) is 2.82. The Morgan fingerprint density at radius 3 is 2.88 bits per heavy atom. The summed E-state index contributed by atoms with van der Waals surface area (Å²) in [6, 6.07) is 2.25. The molecule has 1 fully saturated rings. The molecule has 1 unspecified atom stereocenters. The van der Waals surface area contributed by atoms with Crippen LogP contribution < -0.4 is 11.1 Å². The summed E-state index contributed by atoms with van der Waals surface area (Å²) in [5.74, 6) is 2.90. The number of nitrogen functional groups attached to an aromatic ring is 1. The van der Waals surface area contributed by atoms with Gasteiger partial charge in [-0.2, -0.15) is 0 Å². The summed E-state index contributed by atoms with van der Waals surface area (Å²) in [6.07, 6.45) is 4.72. The average Bonchev–Trinajstić information content (AvgIpc) is 2.99. The first-order chi connectivity index (χ1) is 7.69. The van der Waals surface area contributed by atoms with Crippen LogP contribution >= 0.6 is 0 Å². The smallest absolute Gasteiger partial charge is 0.136 e. The third kappa shape index (κ3) is 2.84. The fraction of sp³-hybridized carbons (Fsp3) is 0.667. The zero-order chi connectivity index (χ0) is 11.5. The van der Waals surface area contributed by atoms with E-state index in [1.165, 1.54) is 19.3 Å². The summed E-state index contributed by atoms with van der Waals surface area (Å²) in [7, 11) is 0. The summed E-state index contributed by atoms with van der Waals surface area (Å²) in [4.78, 5) is 8.79. The summed E-state index contributed by atoms with van der Waals surface area (Å²) < 4.78 is 0. The first-order valence-electron chi connectivity index (χ1n) is 6.10. The number of rotatable bonds is 5. The second-order valence-corrected chi connectivity index (χ2v) is 4.64. The van der Waals surface area contributed by atoms with E-state index >= 15 is 0 Å². The van der Waals surface area contributed by atoms with Crippen molar-refractivity contribution in [3.63, 3.8) is 0 Å². The second-order valence-electron chi connectivity index (χ2n) is 4.64. The first kappa shape index (κ1) is 11.2. The predicted molar refractivity (Wildman–Crippen MR) is 66.4 cm³/mol. The Balaban J connectivity index is 2.07. The van der Waals surface area contributed by atoms with Crippen LogP contribution in [0.5, 0.6) is 0 Å². The molecule has 0 aromatic carbocycles. The van der Waals surface area contributed by atoms with Crippen LogP contribution in [0.4, 0.5) is 11.6 Å². The zero-order valence-corrected chi connectivity index (χ0v) is 10.0. The molecule has 1 heterocycles. The van der Waals surface area contributed by atoms with Crippen molar-refractivity contribution in [2.24, 2.45) is 0 Å². The molecule has 1 aromatic rings. The van der Waals surface area contributed by atoms with Crippen molar-refractivity contribution < 1.29 is 0 Å². The molecule has 88 valence electrons. The minimum Gasteiger partial charge on any atom is -0.384 e. The van der Waals surface area contributed by atoms with E-state index in [2.05, 4.69) is 29.1 Å². The van der Waals surface area contributed by atoms with Crippen LogP contribution in [-0.4, -0.2) is 16.0 Å². The topological polar surface area (TPSA) is 63.8 Å². The number of nitrogens with zero attached hydrogens (tertiary/aromatic N) is 2. The van der Waals surface area contributed by atoms with Gasteiger partial charge in [0, 0.05) is 18.0 Å². The number of anilines is 2. The van der Waals surface area contributed by atoms with E-state index in [4.69, 9.17) is 5.73 Å². The molecule has 4 heteroatoms. The molecule has 1 aliphatic rings. The van der Waals surface area contributed by atoms with Crippen molar-refractivity contribution in [2.75, 3.05) is 11.1 Å². The molecule has 0 radical (unpaired) electrons. The Morgan fingerprint density at radius 2 is 2.25 bits per heavy atom. The van der Waals surface area contributed by atoms with Crippen molar-refractivity contribution in [1.82, 2.24) is 9.97 Å². The molecule has 3 N–H and O–H groups in total. The molecule has 0 amide bonds. The van der Waals surface area contributed by atoms with Crippen LogP contribution in [0.3, 0.4) is 0 Å². The molecular weight excluding hydrogens is 200 g/mol. The lowest BCUT2D eigenvalue weighted by Crippen LogP contribution is -2.16. The number of nitrogens with two attached hydrogens (primary N) is 1. The fourth-order valence-electron chi connectivity index (χ4n) is 1.84. The first-order valence-corrected chi connectivity index (χ1v) is 6.10. The molecule has 1 saturated carbocycles. The van der Waals surface area contributed by atoms with Gasteiger partial charge in [-0.15, -0.1) is 0 Å². The Kier molecular flexibility index (Phi) is 3.27. The molecule has 4 nitrogen and oxygen atoms in total. The Labute approximate surface area is 96.7 Å². The lowest BCUT2D eigenvalue weighted by molar-refractivity contribution is 0.686. The quantitative estimate of drug-likeness (QED) is 0.800. The van der Waals surface area contributed by atoms with E-state index in [-0.39, 0.29) is 0 Å². The van der Waals surface area contributed by atoms with Gasteiger partial charge in [0.05, 0.1) is 0 Å². The summed E-state index contributed by atoms with van der Waals surface area (Å²) >= 11 is 0. The molecule has 2 rings (SSSR count). The minimum atomic E-state index is 0.436. The van der Waals surface area contributed by atoms with E-state index in [1.807, 2.05) is 6.07 Å². The van der Waals surface area contributed by atoms with Gasteiger partial charge in [-0.1, -0.05) is 13.3 Å². The van der Waals surface area contributed by atoms with E-state index in [9.17, 15) is 0 Å². The van der Waals surface area contributed by atoms with Crippen LogP contribution in [0, 0.1) is 0 Å². The molecule has 1 aliphatic carbocycles. The van der Waals surface area contributed by atoms with Crippen LogP contribution in [0.15, 0.2) is 6.07 Å². The van der Waals surface area contributed by atoms with E-state index < -0.39 is 0 Å². The maximum atomic E-state index is 5.78. The van der Waals surface area contributed by atoms with Gasteiger partial charge in [0.25, 0.3) is 0 Å². The number of hydrogen-bond donors (Lipinski definition) is 2. The maximum absolute atomic E-state index is 5.78. The monoisotopic (exact) mass is 220 g/mol. The van der Waals surface area contributed by atoms with Crippen molar-refractivity contribution >= 4 is 11.6 Å². The summed E-state index contributed by atoms with van der Waals surface area (Å²) in [5, 5.41) is 3.38. The maximum Gasteiger partial charge on any atom is 0.136 e. The average molecular weight is 220 g/mol. The van der Waals surface area contributed by atoms with E-state index in [0.717, 1.165) is 18.1 Å². The molecule has 0 aliphatic heterocycles. The van der Waals surface area contributed by atoms with Crippen molar-refractivity contribution in [3.8, 4) is 0 Å². The summed E-state index contributed by atoms with van der Waals surface area (Å²) in [5.41, 5.74) is 5.78. The van der Waals surface area contributed by atoms with Gasteiger partial charge in [0.2, 0.25) is 0 Å². The van der Waals surface area contributed by atoms with Gasteiger partial charge in [0.1, 0.15) is 17.5 Å². The molecule has 1 aromatic heterocycles. The largest absolute Gasteiger partial charge is 0.384 e. The standard InChI is InChI=1S/C12H20N4/c1-3-4-8(2)14-11-7-10(13)15-12(16-11)9-5-6-9/h7-9H,3-6H2,1-2H3,(H3,13,14,15,16). The lowest BCUT2D eigenvalue weighted by Gasteiger charge is -2.14. The predicted octanol–water partition coefficient (Wildman–Crippen LogP) is 2.54. The van der Waals surface area contributed by atoms with Crippen LogP contribution in [0.1, 0.15) is 51.3 Å². The highest BCUT2D eigenvalue weighted by atomic mass is 15.1. The minimum absolute atomic E-state index is 0.436. The van der Waals surface area contributed by atoms with Crippen molar-refractivity contribution in [2.45, 2.75) is 51.5 Å². The Bertz CT molecular complexity index is 360. The van der Waals surface area contributed by atoms with Gasteiger partial charge in [-0.05, 0) is 26.2 Å². The van der Waals surface area contributed by atoms with E-state index in [1.54, 1.807) is 0 Å². The van der Waals surface area contributed by atoms with Crippen LogP contribution in [0.2, 0.25) is 0 Å². The number of hydrogen-bond acceptors (Lipinski definition) is 4. The number of nitrogens with one attached hydrogen (secondary N) is 1. The highest BCUT2D eigenvalue weighted by Gasteiger charge is 2.27. The number of aromatic nitrogens is 2. The molecule has 1 atom stereocenters. The van der Waals surface area contributed by atoms with Crippen molar-refractivity contribution in [3.05, 3.63) is 11.9 Å². The highest BCUT2D eigenvalue weighted by Crippen LogP contribution is 2.38. The van der Waals surface area contributed by atoms with Gasteiger partial charge < -0.3 is 11.1 Å². The Hall–Kier alpha value is -1.32. The molecule has 0 spiro atoms. The van der Waals surface area contributed by atoms with Gasteiger partial charge in [0.15, 0.2) is 0 Å². The van der Waals surface area contributed by atoms with E-state index in [0.29, 0.717) is 17.8 Å². The van der Waals surface area contributed by atoms with Gasteiger partial charge >= 0.3 is 0 Å². The SMILES string of the molecule is CCCC(C)Nc1cc(N)nc(C2CC2)n1. The molecular formula is C12H20N4. The summed E-state index contributed by atoms with van der Waals surface area (Å²) in [6.45, 7) is 4.35. The highest BCUT2D eigenvalue weighted by molar-refractivity contribution is 5.45. The normalized spacial score (nSPS) is 17.1. The van der Waals surface area contributed by atoms with Crippen LogP contribution in [0.25, 0.3) is 0 Å². The van der Waals surface area contributed by atoms with Gasteiger partial charge in [-0.25, -0.2) is 9.97 Å². The van der Waals surface area contributed by atoms with Gasteiger partial charge in [-0.3, -0.25) is 0 Å². The molecule has 0 bridgehead atoms. The Morgan fingerprint density at radius 1 is 1.50 bits per heavy atom. The fourth-order valence-corrected chi connectivity index (χ4v) is 1.84. The molecule has 0 saturated heterocycles. The zero-order valence-electron chi connectivity index (χ0n) is 10.0. The van der Waals surface area contributed by atoms with Crippen LogP contribution in [-0.2, 0) is 0 Å². The van der Waals surface area contributed by atoms with Crippen molar-refractivity contribution in [1.29, 1.82) is 0 Å². The lowest BCUT2D eigenvalue weighted by atomic mass is 10.2.